The van der Waals surface area contributed by atoms with Gasteiger partial charge in [0, 0.05) is 12.4 Å². The number of aromatic nitrogens is 2. The summed E-state index contributed by atoms with van der Waals surface area (Å²) in [6.45, 7) is 0. The molecule has 2 aromatic heterocycles. The smallest absolute Gasteiger partial charge is 0.0797 e. The SMILES string of the molecule is c1ccc(C2(c3ccccc3)c3cc(-c4cccc(-c5cncs5)c4)ccc3-c3ccc(-c4cccc(-c5cncs5)c4)cc32)cc1. The number of rotatable bonds is 6. The van der Waals surface area contributed by atoms with Gasteiger partial charge in [0.15, 0.2) is 0 Å². The van der Waals surface area contributed by atoms with Gasteiger partial charge in [-0.1, -0.05) is 121 Å². The minimum absolute atomic E-state index is 0.496. The van der Waals surface area contributed by atoms with Crippen LogP contribution in [-0.4, -0.2) is 9.97 Å². The molecule has 222 valence electrons. The molecular formula is C43H28N2S2. The summed E-state index contributed by atoms with van der Waals surface area (Å²) in [6.07, 6.45) is 3.90. The van der Waals surface area contributed by atoms with Crippen LogP contribution in [0.3, 0.4) is 0 Å². The Morgan fingerprint density at radius 1 is 0.383 bits per heavy atom. The Kier molecular flexibility index (Phi) is 6.77. The molecule has 2 heterocycles. The van der Waals surface area contributed by atoms with Crippen molar-refractivity contribution in [3.05, 3.63) is 191 Å². The number of benzene rings is 6. The predicted molar refractivity (Wildman–Crippen MR) is 197 cm³/mol. The highest BCUT2D eigenvalue weighted by molar-refractivity contribution is 7.13. The molecule has 0 amide bonds. The van der Waals surface area contributed by atoms with Gasteiger partial charge in [0.2, 0.25) is 0 Å². The van der Waals surface area contributed by atoms with E-state index in [1.165, 1.54) is 76.5 Å². The molecule has 4 heteroatoms. The molecule has 0 saturated heterocycles. The summed E-state index contributed by atoms with van der Waals surface area (Å²) in [7, 11) is 0. The summed E-state index contributed by atoms with van der Waals surface area (Å²) >= 11 is 3.34. The molecule has 0 aliphatic heterocycles. The van der Waals surface area contributed by atoms with Crippen LogP contribution in [0.5, 0.6) is 0 Å². The molecule has 0 bridgehead atoms. The van der Waals surface area contributed by atoms with E-state index >= 15 is 0 Å². The summed E-state index contributed by atoms with van der Waals surface area (Å²) in [5.41, 5.74) is 18.2. The Morgan fingerprint density at radius 3 is 1.23 bits per heavy atom. The van der Waals surface area contributed by atoms with Crippen LogP contribution in [0.2, 0.25) is 0 Å². The molecule has 0 unspecified atom stereocenters. The van der Waals surface area contributed by atoms with E-state index in [1.54, 1.807) is 22.7 Å². The van der Waals surface area contributed by atoms with Crippen molar-refractivity contribution < 1.29 is 0 Å². The van der Waals surface area contributed by atoms with Crippen LogP contribution in [0.1, 0.15) is 22.3 Å². The van der Waals surface area contributed by atoms with Gasteiger partial charge in [-0.15, -0.1) is 22.7 Å². The zero-order valence-corrected chi connectivity index (χ0v) is 27.0. The maximum Gasteiger partial charge on any atom is 0.0797 e. The molecule has 0 saturated carbocycles. The Morgan fingerprint density at radius 2 is 0.809 bits per heavy atom. The Bertz CT molecular complexity index is 2170. The summed E-state index contributed by atoms with van der Waals surface area (Å²) in [5.74, 6) is 0. The van der Waals surface area contributed by atoms with Crippen molar-refractivity contribution >= 4 is 22.7 Å². The van der Waals surface area contributed by atoms with Crippen molar-refractivity contribution in [1.29, 1.82) is 0 Å². The second-order valence-corrected chi connectivity index (χ2v) is 13.7. The van der Waals surface area contributed by atoms with Crippen LogP contribution < -0.4 is 0 Å². The Labute approximate surface area is 282 Å². The number of nitrogens with zero attached hydrogens (tertiary/aromatic N) is 2. The van der Waals surface area contributed by atoms with Gasteiger partial charge >= 0.3 is 0 Å². The molecule has 0 atom stereocenters. The van der Waals surface area contributed by atoms with Crippen molar-refractivity contribution in [3.63, 3.8) is 0 Å². The fraction of sp³-hybridized carbons (Fsp3) is 0.0233. The summed E-state index contributed by atoms with van der Waals surface area (Å²) in [6, 6.07) is 53.8. The van der Waals surface area contributed by atoms with E-state index in [-0.39, 0.29) is 0 Å². The molecule has 0 fully saturated rings. The maximum atomic E-state index is 4.32. The predicted octanol–water partition coefficient (Wildman–Crippen LogP) is 11.6. The standard InChI is InChI=1S/C43H28N2S2/c1-3-13-35(14-4-1)43(36-15-5-2-6-16-36)39-23-31(29-9-7-11-33(21-29)41-25-44-27-46-41)17-19-37(39)38-20-18-32(24-40(38)43)30-10-8-12-34(22-30)42-26-45-28-47-42/h1-28H. The highest BCUT2D eigenvalue weighted by atomic mass is 32.1. The van der Waals surface area contributed by atoms with Crippen LogP contribution in [0.25, 0.3) is 54.3 Å². The molecule has 0 radical (unpaired) electrons. The first-order valence-electron chi connectivity index (χ1n) is 15.7. The van der Waals surface area contributed by atoms with E-state index in [0.29, 0.717) is 0 Å². The minimum atomic E-state index is -0.496. The quantitative estimate of drug-likeness (QED) is 0.181. The van der Waals surface area contributed by atoms with E-state index in [0.717, 1.165) is 0 Å². The zero-order chi connectivity index (χ0) is 31.2. The number of hydrogen-bond acceptors (Lipinski definition) is 4. The van der Waals surface area contributed by atoms with E-state index in [4.69, 9.17) is 0 Å². The van der Waals surface area contributed by atoms with Crippen molar-refractivity contribution in [3.8, 4) is 54.3 Å². The average molecular weight is 637 g/mol. The van der Waals surface area contributed by atoms with Crippen molar-refractivity contribution in [1.82, 2.24) is 9.97 Å². The van der Waals surface area contributed by atoms with Crippen LogP contribution in [0.15, 0.2) is 169 Å². The van der Waals surface area contributed by atoms with Gasteiger partial charge in [-0.25, -0.2) is 0 Å². The van der Waals surface area contributed by atoms with Gasteiger partial charge in [-0.05, 0) is 91.0 Å². The van der Waals surface area contributed by atoms with Gasteiger partial charge in [0.1, 0.15) is 0 Å². The molecule has 1 aliphatic rings. The van der Waals surface area contributed by atoms with Crippen molar-refractivity contribution in [2.45, 2.75) is 5.41 Å². The first-order chi connectivity index (χ1) is 23.3. The van der Waals surface area contributed by atoms with E-state index in [1.807, 2.05) is 23.4 Å². The number of fused-ring (bicyclic) bond motifs is 3. The fourth-order valence-electron chi connectivity index (χ4n) is 7.27. The van der Waals surface area contributed by atoms with Crippen LogP contribution in [-0.2, 0) is 5.41 Å². The molecule has 0 spiro atoms. The summed E-state index contributed by atoms with van der Waals surface area (Å²) in [4.78, 5) is 11.0. The van der Waals surface area contributed by atoms with Gasteiger partial charge in [0.25, 0.3) is 0 Å². The molecule has 0 N–H and O–H groups in total. The average Bonchev–Trinajstić information content (AvgIpc) is 3.93. The van der Waals surface area contributed by atoms with Crippen molar-refractivity contribution in [2.24, 2.45) is 0 Å². The highest BCUT2D eigenvalue weighted by Gasteiger charge is 2.46. The summed E-state index contributed by atoms with van der Waals surface area (Å²) in [5, 5.41) is 0. The lowest BCUT2D eigenvalue weighted by atomic mass is 9.67. The molecule has 2 nitrogen and oxygen atoms in total. The Hall–Kier alpha value is -5.42. The van der Waals surface area contributed by atoms with E-state index in [9.17, 15) is 0 Å². The van der Waals surface area contributed by atoms with Gasteiger partial charge in [-0.2, -0.15) is 0 Å². The van der Waals surface area contributed by atoms with Crippen LogP contribution in [0, 0.1) is 0 Å². The lowest BCUT2D eigenvalue weighted by molar-refractivity contribution is 0.769. The zero-order valence-electron chi connectivity index (χ0n) is 25.4. The lowest BCUT2D eigenvalue weighted by Crippen LogP contribution is -2.28. The molecule has 8 aromatic rings. The number of hydrogen-bond donors (Lipinski definition) is 0. The highest BCUT2D eigenvalue weighted by Crippen LogP contribution is 2.57. The van der Waals surface area contributed by atoms with Gasteiger partial charge < -0.3 is 0 Å². The molecule has 9 rings (SSSR count). The van der Waals surface area contributed by atoms with Crippen LogP contribution in [0.4, 0.5) is 0 Å². The molecule has 1 aliphatic carbocycles. The fourth-order valence-corrected chi connectivity index (χ4v) is 8.51. The Balaban J connectivity index is 1.29. The number of thiazole rings is 2. The lowest BCUT2D eigenvalue weighted by Gasteiger charge is -2.34. The van der Waals surface area contributed by atoms with E-state index in [2.05, 4.69) is 156 Å². The first-order valence-corrected chi connectivity index (χ1v) is 17.4. The van der Waals surface area contributed by atoms with E-state index < -0.39 is 5.41 Å². The summed E-state index contributed by atoms with van der Waals surface area (Å²) < 4.78 is 0. The third-order valence-corrected chi connectivity index (χ3v) is 11.0. The van der Waals surface area contributed by atoms with Gasteiger partial charge in [-0.3, -0.25) is 9.97 Å². The van der Waals surface area contributed by atoms with Crippen molar-refractivity contribution in [2.75, 3.05) is 0 Å². The topological polar surface area (TPSA) is 25.8 Å². The first kappa shape index (κ1) is 27.9. The minimum Gasteiger partial charge on any atom is -0.252 e. The third-order valence-electron chi connectivity index (χ3n) is 9.38. The second kappa shape index (κ2) is 11.4. The third kappa shape index (κ3) is 4.60. The van der Waals surface area contributed by atoms with Crippen LogP contribution >= 0.6 is 22.7 Å². The monoisotopic (exact) mass is 636 g/mol. The molecule has 47 heavy (non-hydrogen) atoms. The maximum absolute atomic E-state index is 4.32. The largest absolute Gasteiger partial charge is 0.252 e. The molecular weight excluding hydrogens is 609 g/mol. The second-order valence-electron chi connectivity index (χ2n) is 11.9. The van der Waals surface area contributed by atoms with Gasteiger partial charge in [0.05, 0.1) is 26.2 Å². The molecule has 6 aromatic carbocycles. The normalized spacial score (nSPS) is 12.9.